The molecule has 0 aliphatic carbocycles. The summed E-state index contributed by atoms with van der Waals surface area (Å²) in [5.41, 5.74) is 0. The van der Waals surface area contributed by atoms with E-state index in [4.69, 9.17) is 28.3 Å². The summed E-state index contributed by atoms with van der Waals surface area (Å²) in [7, 11) is 0. The number of carboxylic acids is 1. The number of hydrogen-bond donors (Lipinski definition) is 1. The second-order valence-corrected chi connectivity index (χ2v) is 3.77. The minimum Gasteiger partial charge on any atom is -0.481 e. The first-order chi connectivity index (χ1) is 6.09. The van der Waals surface area contributed by atoms with Crippen molar-refractivity contribution in [2.45, 2.75) is 4.90 Å². The van der Waals surface area contributed by atoms with Gasteiger partial charge in [-0.3, -0.25) is 4.79 Å². The highest BCUT2D eigenvalue weighted by atomic mass is 35.5. The zero-order valence-corrected chi connectivity index (χ0v) is 8.53. The molecule has 7 heteroatoms. The number of carboxylic acid groups (broad SMARTS) is 1. The monoisotopic (exact) mass is 238 g/mol. The highest BCUT2D eigenvalue weighted by molar-refractivity contribution is 8.00. The Morgan fingerprint density at radius 3 is 2.85 bits per heavy atom. The first-order valence-electron chi connectivity index (χ1n) is 3.13. The van der Waals surface area contributed by atoms with Crippen molar-refractivity contribution in [2.24, 2.45) is 0 Å². The van der Waals surface area contributed by atoms with Crippen LogP contribution in [0.15, 0.2) is 11.0 Å². The third-order valence-electron chi connectivity index (χ3n) is 1.04. The van der Waals surface area contributed by atoms with Crippen molar-refractivity contribution in [3.63, 3.8) is 0 Å². The van der Waals surface area contributed by atoms with Gasteiger partial charge in [0.1, 0.15) is 0 Å². The van der Waals surface area contributed by atoms with E-state index in [0.717, 1.165) is 11.8 Å². The lowest BCUT2D eigenvalue weighted by Gasteiger charge is -1.99. The van der Waals surface area contributed by atoms with E-state index in [1.165, 1.54) is 6.07 Å². The van der Waals surface area contributed by atoms with Crippen molar-refractivity contribution in [3.05, 3.63) is 16.4 Å². The Morgan fingerprint density at radius 2 is 2.23 bits per heavy atom. The third kappa shape index (κ3) is 3.38. The maximum absolute atomic E-state index is 10.2. The molecule has 1 aromatic heterocycles. The number of halogens is 2. The Morgan fingerprint density at radius 1 is 1.54 bits per heavy atom. The van der Waals surface area contributed by atoms with Gasteiger partial charge in [0.15, 0.2) is 10.3 Å². The number of carbonyl (C=O) groups is 1. The van der Waals surface area contributed by atoms with E-state index in [0.29, 0.717) is 4.90 Å². The lowest BCUT2D eigenvalue weighted by molar-refractivity contribution is -0.133. The van der Waals surface area contributed by atoms with E-state index in [-0.39, 0.29) is 16.1 Å². The van der Waals surface area contributed by atoms with Gasteiger partial charge in [-0.2, -0.15) is 0 Å². The summed E-state index contributed by atoms with van der Waals surface area (Å²) in [5, 5.41) is 15.8. The molecule has 70 valence electrons. The Hall–Kier alpha value is -0.520. The fourth-order valence-electron chi connectivity index (χ4n) is 0.578. The average molecular weight is 239 g/mol. The molecular formula is C6H4Cl2N2O2S. The van der Waals surface area contributed by atoms with Crippen LogP contribution in [0.4, 0.5) is 0 Å². The largest absolute Gasteiger partial charge is 0.481 e. The van der Waals surface area contributed by atoms with Gasteiger partial charge in [0.05, 0.1) is 10.6 Å². The summed E-state index contributed by atoms with van der Waals surface area (Å²) < 4.78 is 0. The first-order valence-corrected chi connectivity index (χ1v) is 4.87. The molecule has 0 saturated heterocycles. The fraction of sp³-hybridized carbons (Fsp3) is 0.167. The van der Waals surface area contributed by atoms with Crippen LogP contribution in [-0.2, 0) is 4.79 Å². The Labute approximate surface area is 88.3 Å². The molecule has 0 fully saturated rings. The number of aromatic nitrogens is 2. The molecule has 0 amide bonds. The van der Waals surface area contributed by atoms with Gasteiger partial charge in [-0.25, -0.2) is 0 Å². The number of aliphatic carboxylic acids is 1. The normalized spacial score (nSPS) is 10.0. The standard InChI is InChI=1S/C6H4Cl2N2O2S/c7-4-1-3(6(8)10-9-4)13-2-5(11)12/h1H,2H2,(H,11,12). The zero-order chi connectivity index (χ0) is 9.84. The van der Waals surface area contributed by atoms with Crippen molar-refractivity contribution in [1.82, 2.24) is 10.2 Å². The van der Waals surface area contributed by atoms with Crippen LogP contribution in [0.2, 0.25) is 10.3 Å². The van der Waals surface area contributed by atoms with Crippen molar-refractivity contribution >= 4 is 40.9 Å². The van der Waals surface area contributed by atoms with Crippen LogP contribution in [-0.4, -0.2) is 27.0 Å². The molecule has 0 saturated carbocycles. The molecule has 0 aromatic carbocycles. The Balaban J connectivity index is 2.75. The lowest BCUT2D eigenvalue weighted by Crippen LogP contribution is -1.98. The van der Waals surface area contributed by atoms with E-state index in [1.807, 2.05) is 0 Å². The SMILES string of the molecule is O=C(O)CSc1cc(Cl)nnc1Cl. The summed E-state index contributed by atoms with van der Waals surface area (Å²) in [4.78, 5) is 10.8. The summed E-state index contributed by atoms with van der Waals surface area (Å²) in [5.74, 6) is -1.00. The molecule has 0 radical (unpaired) electrons. The lowest BCUT2D eigenvalue weighted by atomic mass is 10.6. The predicted molar refractivity (Wildman–Crippen MR) is 50.4 cm³/mol. The van der Waals surface area contributed by atoms with Crippen LogP contribution in [0.3, 0.4) is 0 Å². The van der Waals surface area contributed by atoms with Gasteiger partial charge in [0.2, 0.25) is 0 Å². The quantitative estimate of drug-likeness (QED) is 0.817. The minimum atomic E-state index is -0.922. The highest BCUT2D eigenvalue weighted by Gasteiger charge is 2.06. The third-order valence-corrected chi connectivity index (χ3v) is 2.63. The number of nitrogens with zero attached hydrogens (tertiary/aromatic N) is 2. The van der Waals surface area contributed by atoms with Gasteiger partial charge in [-0.05, 0) is 6.07 Å². The average Bonchev–Trinajstić information content (AvgIpc) is 2.06. The molecule has 0 atom stereocenters. The van der Waals surface area contributed by atoms with Gasteiger partial charge >= 0.3 is 5.97 Å². The molecule has 0 aliphatic heterocycles. The molecule has 1 rings (SSSR count). The van der Waals surface area contributed by atoms with Crippen molar-refractivity contribution in [3.8, 4) is 0 Å². The molecule has 0 bridgehead atoms. The van der Waals surface area contributed by atoms with Crippen LogP contribution in [0.25, 0.3) is 0 Å². The van der Waals surface area contributed by atoms with Gasteiger partial charge in [-0.15, -0.1) is 22.0 Å². The van der Waals surface area contributed by atoms with E-state index in [2.05, 4.69) is 10.2 Å². The fourth-order valence-corrected chi connectivity index (χ4v) is 1.68. The second kappa shape index (κ2) is 4.64. The summed E-state index contributed by atoms with van der Waals surface area (Å²) >= 11 is 12.2. The summed E-state index contributed by atoms with van der Waals surface area (Å²) in [6.07, 6.45) is 0. The van der Waals surface area contributed by atoms with Gasteiger partial charge in [-0.1, -0.05) is 23.2 Å². The Bertz CT molecular complexity index is 334. The molecule has 1 aromatic rings. The zero-order valence-electron chi connectivity index (χ0n) is 6.20. The molecular weight excluding hydrogens is 235 g/mol. The van der Waals surface area contributed by atoms with Crippen molar-refractivity contribution in [1.29, 1.82) is 0 Å². The second-order valence-electron chi connectivity index (χ2n) is 2.00. The highest BCUT2D eigenvalue weighted by Crippen LogP contribution is 2.26. The maximum atomic E-state index is 10.2. The van der Waals surface area contributed by atoms with Crippen LogP contribution < -0.4 is 0 Å². The van der Waals surface area contributed by atoms with Crippen LogP contribution in [0, 0.1) is 0 Å². The van der Waals surface area contributed by atoms with Crippen LogP contribution in [0.5, 0.6) is 0 Å². The first kappa shape index (κ1) is 10.6. The summed E-state index contributed by atoms with van der Waals surface area (Å²) in [6.45, 7) is 0. The van der Waals surface area contributed by atoms with Gasteiger partial charge in [0.25, 0.3) is 0 Å². The molecule has 1 N–H and O–H groups in total. The van der Waals surface area contributed by atoms with Crippen molar-refractivity contribution in [2.75, 3.05) is 5.75 Å². The molecule has 4 nitrogen and oxygen atoms in total. The van der Waals surface area contributed by atoms with E-state index < -0.39 is 5.97 Å². The topological polar surface area (TPSA) is 63.1 Å². The molecule has 0 aliphatic rings. The molecule has 13 heavy (non-hydrogen) atoms. The van der Waals surface area contributed by atoms with Gasteiger partial charge < -0.3 is 5.11 Å². The van der Waals surface area contributed by atoms with Crippen molar-refractivity contribution < 1.29 is 9.90 Å². The number of thioether (sulfide) groups is 1. The number of hydrogen-bond acceptors (Lipinski definition) is 4. The number of rotatable bonds is 3. The van der Waals surface area contributed by atoms with E-state index >= 15 is 0 Å². The van der Waals surface area contributed by atoms with Gasteiger partial charge in [0, 0.05) is 0 Å². The molecule has 1 heterocycles. The summed E-state index contributed by atoms with van der Waals surface area (Å²) in [6, 6.07) is 1.48. The smallest absolute Gasteiger partial charge is 0.313 e. The van der Waals surface area contributed by atoms with E-state index in [9.17, 15) is 4.79 Å². The molecule has 0 unspecified atom stereocenters. The predicted octanol–water partition coefficient (Wildman–Crippen LogP) is 1.96. The van der Waals surface area contributed by atoms with E-state index in [1.54, 1.807) is 0 Å². The van der Waals surface area contributed by atoms with Crippen LogP contribution >= 0.6 is 35.0 Å². The Kier molecular flexibility index (Phi) is 3.77. The maximum Gasteiger partial charge on any atom is 0.313 e. The minimum absolute atomic E-state index is 0.0816. The molecule has 0 spiro atoms. The van der Waals surface area contributed by atoms with Crippen LogP contribution in [0.1, 0.15) is 0 Å².